The lowest BCUT2D eigenvalue weighted by molar-refractivity contribution is -0.141. The Kier molecular flexibility index (Phi) is 12.6. The Morgan fingerprint density at radius 1 is 1.03 bits per heavy atom. The number of benzene rings is 2. The monoisotopic (exact) mass is 929 g/mol. The predicted octanol–water partition coefficient (Wildman–Crippen LogP) is 7.05. The van der Waals surface area contributed by atoms with Gasteiger partial charge in [-0.15, -0.1) is 11.3 Å². The molecule has 0 unspecified atom stereocenters. The average molecular weight is 930 g/mol. The fraction of sp³-hybridized carbons (Fsp3) is 0.532. The van der Waals surface area contributed by atoms with Gasteiger partial charge in [-0.05, 0) is 116 Å². The molecule has 2 aliphatic heterocycles. The number of ether oxygens (including phenoxy) is 3. The first-order valence-corrected chi connectivity index (χ1v) is 24.8. The van der Waals surface area contributed by atoms with Crippen molar-refractivity contribution in [2.24, 2.45) is 5.92 Å². The molecule has 3 fully saturated rings. The average Bonchev–Trinajstić information content (AvgIpc) is 3.92. The summed E-state index contributed by atoms with van der Waals surface area (Å²) < 4.78 is 47.4. The van der Waals surface area contributed by atoms with Crippen LogP contribution in [0.25, 0.3) is 32.9 Å². The van der Waals surface area contributed by atoms with Crippen molar-refractivity contribution in [2.75, 3.05) is 13.7 Å². The number of hydrogen-bond acceptors (Lipinski definition) is 12. The van der Waals surface area contributed by atoms with Crippen LogP contribution in [0.4, 0.5) is 4.79 Å². The van der Waals surface area contributed by atoms with Gasteiger partial charge in [0.1, 0.15) is 45.6 Å². The molecular formula is C47H59N7O9S2. The molecule has 2 aliphatic carbocycles. The Hall–Kier alpha value is -5.49. The fourth-order valence-corrected chi connectivity index (χ4v) is 10.9. The van der Waals surface area contributed by atoms with Gasteiger partial charge in [0.05, 0.1) is 29.6 Å². The van der Waals surface area contributed by atoms with Crippen LogP contribution in [0.1, 0.15) is 105 Å². The highest BCUT2D eigenvalue weighted by Gasteiger charge is 2.63. The highest BCUT2D eigenvalue weighted by atomic mass is 32.2. The third-order valence-electron chi connectivity index (χ3n) is 12.8. The van der Waals surface area contributed by atoms with E-state index in [1.807, 2.05) is 78.4 Å². The number of methoxy groups -OCH3 is 1. The van der Waals surface area contributed by atoms with E-state index in [-0.39, 0.29) is 25.4 Å². The number of allylic oxidation sites excluding steroid dienone is 1. The zero-order chi connectivity index (χ0) is 46.5. The Morgan fingerprint density at radius 3 is 2.48 bits per heavy atom. The minimum atomic E-state index is -4.02. The van der Waals surface area contributed by atoms with Crippen molar-refractivity contribution >= 4 is 56.2 Å². The van der Waals surface area contributed by atoms with Gasteiger partial charge in [-0.3, -0.25) is 23.7 Å². The molecular weight excluding hydrogens is 871 g/mol. The second kappa shape index (κ2) is 17.7. The van der Waals surface area contributed by atoms with Crippen molar-refractivity contribution in [3.05, 3.63) is 60.0 Å². The van der Waals surface area contributed by atoms with Crippen LogP contribution in [0, 0.1) is 5.92 Å². The van der Waals surface area contributed by atoms with Crippen LogP contribution in [-0.4, -0.2) is 99.4 Å². The molecule has 2 aromatic carbocycles. The summed E-state index contributed by atoms with van der Waals surface area (Å²) in [7, 11) is -2.39. The molecule has 8 rings (SSSR count). The molecule has 3 N–H and O–H groups in total. The molecule has 5 atom stereocenters. The summed E-state index contributed by atoms with van der Waals surface area (Å²) in [6.07, 6.45) is 6.52. The molecule has 4 aliphatic rings. The lowest BCUT2D eigenvalue weighted by Gasteiger charge is -2.30. The number of rotatable bonds is 10. The van der Waals surface area contributed by atoms with Crippen LogP contribution in [0.5, 0.6) is 11.8 Å². The summed E-state index contributed by atoms with van der Waals surface area (Å²) in [4.78, 5) is 68.2. The number of imidazole rings is 1. The van der Waals surface area contributed by atoms with Crippen molar-refractivity contribution in [3.8, 4) is 33.6 Å². The topological polar surface area (TPSA) is 200 Å². The van der Waals surface area contributed by atoms with E-state index in [2.05, 4.69) is 15.4 Å². The maximum Gasteiger partial charge on any atom is 0.408 e. The lowest BCUT2D eigenvalue weighted by Crippen LogP contribution is -2.58. The number of sulfonamides is 1. The smallest absolute Gasteiger partial charge is 0.408 e. The van der Waals surface area contributed by atoms with Gasteiger partial charge in [0.25, 0.3) is 11.9 Å². The third kappa shape index (κ3) is 9.60. The second-order valence-electron chi connectivity index (χ2n) is 19.2. The summed E-state index contributed by atoms with van der Waals surface area (Å²) in [5.41, 5.74) is 1.69. The first kappa shape index (κ1) is 46.1. The zero-order valence-electron chi connectivity index (χ0n) is 38.0. The molecule has 4 amide bonds. The van der Waals surface area contributed by atoms with Crippen molar-refractivity contribution in [1.82, 2.24) is 34.8 Å². The number of fused-ring (bicyclic) bond motifs is 3. The van der Waals surface area contributed by atoms with Crippen LogP contribution < -0.4 is 24.8 Å². The Labute approximate surface area is 383 Å². The molecule has 4 heterocycles. The van der Waals surface area contributed by atoms with E-state index in [1.165, 1.54) is 16.2 Å². The number of nitrogens with one attached hydrogen (secondary N) is 3. The Bertz CT molecular complexity index is 2610. The number of carbonyl (C=O) groups excluding carboxylic acids is 4. The summed E-state index contributed by atoms with van der Waals surface area (Å²) in [5.74, 6) is -1.64. The fourth-order valence-electron chi connectivity index (χ4n) is 8.69. The lowest BCUT2D eigenvalue weighted by atomic mass is 10.0. The predicted molar refractivity (Wildman–Crippen MR) is 247 cm³/mol. The molecule has 0 spiro atoms. The van der Waals surface area contributed by atoms with Gasteiger partial charge in [-0.2, -0.15) is 4.98 Å². The first-order valence-electron chi connectivity index (χ1n) is 22.4. The SMILES string of the molecule is COc1ccc(-c2csc(-c3cccc4c3nc(O[C@@H]3C[C@H]5C(=O)N[C@]6(C(=O)NS(=O)(=O)C7(C)CC7)C[C@H]6C=CCCCCC[C@H](NC(=O)OC(C)(C)C)C(=O)N5C3)n4C(C)C)n2)cc1. The molecule has 65 heavy (non-hydrogen) atoms. The van der Waals surface area contributed by atoms with Gasteiger partial charge in [-0.1, -0.05) is 31.1 Å². The number of thiazole rings is 1. The third-order valence-corrected chi connectivity index (χ3v) is 15.8. The van der Waals surface area contributed by atoms with E-state index >= 15 is 0 Å². The number of para-hydroxylation sites is 1. The Balaban J connectivity index is 1.12. The number of hydrogen-bond donors (Lipinski definition) is 3. The largest absolute Gasteiger partial charge is 0.497 e. The van der Waals surface area contributed by atoms with Crippen molar-refractivity contribution in [1.29, 1.82) is 0 Å². The Morgan fingerprint density at radius 2 is 1.78 bits per heavy atom. The van der Waals surface area contributed by atoms with Crippen LogP contribution in [0.2, 0.25) is 0 Å². The molecule has 348 valence electrons. The van der Waals surface area contributed by atoms with E-state index in [9.17, 15) is 27.6 Å². The summed E-state index contributed by atoms with van der Waals surface area (Å²) in [6.45, 7) is 10.8. The van der Waals surface area contributed by atoms with Gasteiger partial charge < -0.3 is 29.7 Å². The maximum atomic E-state index is 14.8. The van der Waals surface area contributed by atoms with Gasteiger partial charge >= 0.3 is 6.09 Å². The summed E-state index contributed by atoms with van der Waals surface area (Å²) in [5, 5.41) is 8.48. The molecule has 16 nitrogen and oxygen atoms in total. The van der Waals surface area contributed by atoms with E-state index in [1.54, 1.807) is 34.8 Å². The van der Waals surface area contributed by atoms with E-state index in [0.29, 0.717) is 43.6 Å². The molecule has 0 bridgehead atoms. The van der Waals surface area contributed by atoms with Crippen LogP contribution >= 0.6 is 11.3 Å². The van der Waals surface area contributed by atoms with E-state index < -0.39 is 73.8 Å². The first-order chi connectivity index (χ1) is 30.8. The van der Waals surface area contributed by atoms with Gasteiger partial charge in [0.15, 0.2) is 0 Å². The molecule has 0 radical (unpaired) electrons. The maximum absolute atomic E-state index is 14.8. The highest BCUT2D eigenvalue weighted by molar-refractivity contribution is 7.91. The van der Waals surface area contributed by atoms with Crippen LogP contribution in [0.3, 0.4) is 0 Å². The summed E-state index contributed by atoms with van der Waals surface area (Å²) >= 11 is 1.50. The number of nitrogens with zero attached hydrogens (tertiary/aromatic N) is 4. The van der Waals surface area contributed by atoms with E-state index in [4.69, 9.17) is 24.2 Å². The quantitative estimate of drug-likeness (QED) is 0.138. The van der Waals surface area contributed by atoms with Crippen LogP contribution in [0.15, 0.2) is 60.0 Å². The van der Waals surface area contributed by atoms with Crippen molar-refractivity contribution in [2.45, 2.75) is 139 Å². The molecule has 2 aromatic heterocycles. The number of amides is 4. The molecule has 18 heteroatoms. The van der Waals surface area contributed by atoms with Gasteiger partial charge in [0, 0.05) is 34.9 Å². The minimum absolute atomic E-state index is 0.0250. The minimum Gasteiger partial charge on any atom is -0.497 e. The standard InChI is InChI=1S/C47H59N7O9S2/c1-28(2)54-36-17-13-15-33(40-48-35(27-64-40)29-18-20-31(61-7)21-19-29)38(36)50-43(54)62-32-24-37-39(55)51-47(42(57)52-65(59,60)46(6)22-23-46)25-30(47)14-11-9-8-10-12-16-34(41(56)53(37)26-32)49-44(58)63-45(3,4)5/h11,13-15,17-21,27-28,30,32,34,37H,8-10,12,16,22-26H2,1-7H3,(H,49,58)(H,51,55)(H,52,57)/t30-,32-,34+,37+,47-/m1/s1. The van der Waals surface area contributed by atoms with Gasteiger partial charge in [0.2, 0.25) is 21.8 Å². The molecule has 4 aromatic rings. The van der Waals surface area contributed by atoms with Crippen molar-refractivity contribution in [3.63, 3.8) is 0 Å². The molecule has 1 saturated heterocycles. The summed E-state index contributed by atoms with van der Waals surface area (Å²) in [6, 6.07) is 11.6. The normalized spacial score (nSPS) is 24.6. The highest BCUT2D eigenvalue weighted by Crippen LogP contribution is 2.48. The van der Waals surface area contributed by atoms with Crippen molar-refractivity contribution < 1.29 is 41.8 Å². The van der Waals surface area contributed by atoms with Gasteiger partial charge in [-0.25, -0.2) is 18.2 Å². The number of alkyl carbamates (subject to hydrolysis) is 1. The number of carbonyl (C=O) groups is 4. The van der Waals surface area contributed by atoms with Crippen LogP contribution in [-0.2, 0) is 29.1 Å². The molecule has 2 saturated carbocycles. The number of aromatic nitrogens is 3. The second-order valence-corrected chi connectivity index (χ2v) is 22.3. The van der Waals surface area contributed by atoms with E-state index in [0.717, 1.165) is 45.9 Å². The zero-order valence-corrected chi connectivity index (χ0v) is 39.6.